The zero-order valence-electron chi connectivity index (χ0n) is 19.0. The Morgan fingerprint density at radius 1 is 0.750 bits per heavy atom. The van der Waals surface area contributed by atoms with Crippen LogP contribution in [0.3, 0.4) is 0 Å². The number of hydrogen-bond acceptors (Lipinski definition) is 7. The summed E-state index contributed by atoms with van der Waals surface area (Å²) < 4.78 is 27.9. The lowest BCUT2D eigenvalue weighted by molar-refractivity contribution is -0.159. The van der Waals surface area contributed by atoms with Gasteiger partial charge in [-0.1, -0.05) is 6.92 Å². The van der Waals surface area contributed by atoms with E-state index in [1.165, 1.54) is 0 Å². The van der Waals surface area contributed by atoms with Crippen LogP contribution in [0.2, 0.25) is 0 Å². The standard InChI is InChI=1S/C21H42O7/c1-9-21(7,8)20(23)28-14-19(6)27-13-18(5)26-12-17(4)25-11-16(3)24-10-15(2)22/h15-19,22H,9-14H2,1-8H3. The molecular weight excluding hydrogens is 364 g/mol. The Morgan fingerprint density at radius 2 is 1.11 bits per heavy atom. The Balaban J connectivity index is 3.88. The first-order chi connectivity index (χ1) is 13.0. The Hall–Kier alpha value is -0.730. The molecule has 0 aromatic carbocycles. The molecule has 1 N–H and O–H groups in total. The molecular formula is C21H42O7. The summed E-state index contributed by atoms with van der Waals surface area (Å²) in [6, 6.07) is 0. The number of hydrogen-bond donors (Lipinski definition) is 1. The molecule has 7 heteroatoms. The first kappa shape index (κ1) is 27.3. The van der Waals surface area contributed by atoms with Crippen molar-refractivity contribution in [2.24, 2.45) is 5.41 Å². The normalized spacial score (nSPS) is 17.6. The zero-order valence-corrected chi connectivity index (χ0v) is 19.0. The van der Waals surface area contributed by atoms with Crippen LogP contribution in [0, 0.1) is 5.41 Å². The summed E-state index contributed by atoms with van der Waals surface area (Å²) in [5, 5.41) is 9.20. The molecule has 168 valence electrons. The van der Waals surface area contributed by atoms with Crippen molar-refractivity contribution in [3.05, 3.63) is 0 Å². The predicted octanol–water partition coefficient (Wildman–Crippen LogP) is 2.97. The fourth-order valence-electron chi connectivity index (χ4n) is 1.93. The summed E-state index contributed by atoms with van der Waals surface area (Å²) in [7, 11) is 0. The number of aliphatic hydroxyl groups excluding tert-OH is 1. The molecule has 0 aliphatic heterocycles. The average Bonchev–Trinajstić information content (AvgIpc) is 2.65. The fraction of sp³-hybridized carbons (Fsp3) is 0.952. The average molecular weight is 407 g/mol. The van der Waals surface area contributed by atoms with Crippen LogP contribution in [0.25, 0.3) is 0 Å². The van der Waals surface area contributed by atoms with Gasteiger partial charge in [-0.25, -0.2) is 0 Å². The van der Waals surface area contributed by atoms with Gasteiger partial charge >= 0.3 is 5.97 Å². The minimum absolute atomic E-state index is 0.0743. The van der Waals surface area contributed by atoms with Crippen molar-refractivity contribution in [1.82, 2.24) is 0 Å². The van der Waals surface area contributed by atoms with Crippen molar-refractivity contribution < 1.29 is 33.6 Å². The van der Waals surface area contributed by atoms with Gasteiger partial charge in [0.25, 0.3) is 0 Å². The van der Waals surface area contributed by atoms with Crippen LogP contribution in [0.1, 0.15) is 61.8 Å². The maximum atomic E-state index is 12.0. The Bertz CT molecular complexity index is 412. The van der Waals surface area contributed by atoms with Gasteiger partial charge in [-0.3, -0.25) is 4.79 Å². The third-order valence-electron chi connectivity index (χ3n) is 4.35. The Morgan fingerprint density at radius 3 is 1.46 bits per heavy atom. The summed E-state index contributed by atoms with van der Waals surface area (Å²) >= 11 is 0. The van der Waals surface area contributed by atoms with E-state index in [0.29, 0.717) is 26.4 Å². The molecule has 0 spiro atoms. The van der Waals surface area contributed by atoms with Gasteiger partial charge in [0.05, 0.1) is 62.4 Å². The van der Waals surface area contributed by atoms with E-state index in [2.05, 4.69) is 0 Å². The van der Waals surface area contributed by atoms with Gasteiger partial charge in [-0.2, -0.15) is 0 Å². The van der Waals surface area contributed by atoms with Gasteiger partial charge in [0.1, 0.15) is 6.61 Å². The van der Waals surface area contributed by atoms with Crippen molar-refractivity contribution in [3.8, 4) is 0 Å². The molecule has 0 aliphatic rings. The number of aliphatic hydroxyl groups is 1. The minimum Gasteiger partial charge on any atom is -0.463 e. The Kier molecular flexibility index (Phi) is 13.9. The number of esters is 1. The van der Waals surface area contributed by atoms with E-state index in [4.69, 9.17) is 23.7 Å². The van der Waals surface area contributed by atoms with Crippen LogP contribution in [0.4, 0.5) is 0 Å². The van der Waals surface area contributed by atoms with Gasteiger partial charge in [-0.15, -0.1) is 0 Å². The van der Waals surface area contributed by atoms with Crippen molar-refractivity contribution >= 4 is 5.97 Å². The third kappa shape index (κ3) is 13.4. The van der Waals surface area contributed by atoms with E-state index in [1.54, 1.807) is 6.92 Å². The molecule has 0 amide bonds. The summed E-state index contributed by atoms with van der Waals surface area (Å²) in [5.41, 5.74) is -0.467. The first-order valence-electron chi connectivity index (χ1n) is 10.3. The van der Waals surface area contributed by atoms with Crippen molar-refractivity contribution in [3.63, 3.8) is 0 Å². The zero-order chi connectivity index (χ0) is 21.7. The van der Waals surface area contributed by atoms with Gasteiger partial charge in [0.15, 0.2) is 0 Å². The largest absolute Gasteiger partial charge is 0.463 e. The van der Waals surface area contributed by atoms with Crippen LogP contribution >= 0.6 is 0 Å². The molecule has 0 aromatic heterocycles. The van der Waals surface area contributed by atoms with Crippen LogP contribution < -0.4 is 0 Å². The molecule has 28 heavy (non-hydrogen) atoms. The molecule has 5 atom stereocenters. The van der Waals surface area contributed by atoms with Crippen molar-refractivity contribution in [2.75, 3.05) is 33.0 Å². The lowest BCUT2D eigenvalue weighted by atomic mass is 9.91. The summed E-state index contributed by atoms with van der Waals surface area (Å²) in [6.45, 7) is 16.9. The second-order valence-corrected chi connectivity index (χ2v) is 8.26. The number of ether oxygens (including phenoxy) is 5. The molecule has 0 radical (unpaired) electrons. The Labute approximate surface area is 171 Å². The van der Waals surface area contributed by atoms with E-state index in [0.717, 1.165) is 6.42 Å². The first-order valence-corrected chi connectivity index (χ1v) is 10.3. The molecule has 0 aliphatic carbocycles. The highest BCUT2D eigenvalue weighted by atomic mass is 16.6. The molecule has 0 aromatic rings. The lowest BCUT2D eigenvalue weighted by Crippen LogP contribution is -2.31. The lowest BCUT2D eigenvalue weighted by Gasteiger charge is -2.23. The summed E-state index contributed by atoms with van der Waals surface area (Å²) in [5.74, 6) is -0.202. The number of rotatable bonds is 16. The molecule has 5 unspecified atom stereocenters. The smallest absolute Gasteiger partial charge is 0.311 e. The van der Waals surface area contributed by atoms with Gasteiger partial charge in [0.2, 0.25) is 0 Å². The third-order valence-corrected chi connectivity index (χ3v) is 4.35. The molecule has 0 saturated carbocycles. The van der Waals surface area contributed by atoms with Gasteiger partial charge in [0, 0.05) is 0 Å². The van der Waals surface area contributed by atoms with Crippen LogP contribution in [0.5, 0.6) is 0 Å². The highest BCUT2D eigenvalue weighted by Gasteiger charge is 2.27. The molecule has 0 heterocycles. The van der Waals surface area contributed by atoms with E-state index in [9.17, 15) is 9.90 Å². The number of carbonyl (C=O) groups excluding carboxylic acids is 1. The van der Waals surface area contributed by atoms with E-state index in [1.807, 2.05) is 48.5 Å². The molecule has 0 bridgehead atoms. The maximum absolute atomic E-state index is 12.0. The highest BCUT2D eigenvalue weighted by Crippen LogP contribution is 2.21. The van der Waals surface area contributed by atoms with Crippen molar-refractivity contribution in [2.45, 2.75) is 92.3 Å². The highest BCUT2D eigenvalue weighted by molar-refractivity contribution is 5.75. The fourth-order valence-corrected chi connectivity index (χ4v) is 1.93. The summed E-state index contributed by atoms with van der Waals surface area (Å²) in [6.07, 6.45) is -0.192. The van der Waals surface area contributed by atoms with Crippen LogP contribution in [0.15, 0.2) is 0 Å². The van der Waals surface area contributed by atoms with Gasteiger partial charge < -0.3 is 28.8 Å². The van der Waals surface area contributed by atoms with E-state index in [-0.39, 0.29) is 37.0 Å². The maximum Gasteiger partial charge on any atom is 0.311 e. The van der Waals surface area contributed by atoms with E-state index >= 15 is 0 Å². The second-order valence-electron chi connectivity index (χ2n) is 8.26. The van der Waals surface area contributed by atoms with Crippen molar-refractivity contribution in [1.29, 1.82) is 0 Å². The predicted molar refractivity (Wildman–Crippen MR) is 108 cm³/mol. The molecule has 0 rings (SSSR count). The molecule has 7 nitrogen and oxygen atoms in total. The number of carbonyl (C=O) groups is 1. The van der Waals surface area contributed by atoms with Crippen LogP contribution in [-0.4, -0.2) is 74.6 Å². The SMILES string of the molecule is CCC(C)(C)C(=O)OCC(C)OCC(C)OCC(C)OCC(C)OCC(C)O. The van der Waals surface area contributed by atoms with Crippen LogP contribution in [-0.2, 0) is 28.5 Å². The molecule has 0 saturated heterocycles. The van der Waals surface area contributed by atoms with E-state index < -0.39 is 11.5 Å². The summed E-state index contributed by atoms with van der Waals surface area (Å²) in [4.78, 5) is 12.0. The quantitative estimate of drug-likeness (QED) is 0.395. The molecule has 0 fully saturated rings. The topological polar surface area (TPSA) is 83.5 Å². The van der Waals surface area contributed by atoms with Gasteiger partial charge in [-0.05, 0) is 54.9 Å². The second kappa shape index (κ2) is 14.3. The monoisotopic (exact) mass is 406 g/mol. The minimum atomic E-state index is -0.479.